The summed E-state index contributed by atoms with van der Waals surface area (Å²) in [6, 6.07) is 0. The number of nitrogens with zero attached hydrogens (tertiary/aromatic N) is 1. The molecule has 2 fully saturated rings. The molecule has 4 nitrogen and oxygen atoms in total. The maximum atomic E-state index is 6.21. The van der Waals surface area contributed by atoms with Crippen LogP contribution in [-0.4, -0.2) is 29.4 Å². The Morgan fingerprint density at radius 1 is 1.19 bits per heavy atom. The fraction of sp³-hybridized carbons (Fsp3) is 0.688. The van der Waals surface area contributed by atoms with Crippen LogP contribution in [0.15, 0.2) is 12.4 Å². The summed E-state index contributed by atoms with van der Waals surface area (Å²) in [5, 5.41) is 0. The van der Waals surface area contributed by atoms with Gasteiger partial charge >= 0.3 is 7.12 Å². The maximum absolute atomic E-state index is 6.21. The molecule has 0 radical (unpaired) electrons. The van der Waals surface area contributed by atoms with Gasteiger partial charge in [-0.25, -0.2) is 0 Å². The van der Waals surface area contributed by atoms with E-state index in [2.05, 4.69) is 39.6 Å². The largest absolute Gasteiger partial charge is 0.499 e. The van der Waals surface area contributed by atoms with Crippen LogP contribution in [0.25, 0.3) is 0 Å². The molecule has 3 rings (SSSR count). The van der Waals surface area contributed by atoms with E-state index in [4.69, 9.17) is 14.0 Å². The molecule has 0 bridgehead atoms. The maximum Gasteiger partial charge on any atom is 0.499 e. The smallest absolute Gasteiger partial charge is 0.489 e. The third-order valence-corrected chi connectivity index (χ3v) is 4.72. The third kappa shape index (κ3) is 2.69. The minimum atomic E-state index is -0.387. The van der Waals surface area contributed by atoms with Crippen LogP contribution in [0.3, 0.4) is 0 Å². The third-order valence-electron chi connectivity index (χ3n) is 4.72. The predicted molar refractivity (Wildman–Crippen MR) is 83.0 cm³/mol. The lowest BCUT2D eigenvalue weighted by Gasteiger charge is -2.32. The topological polar surface area (TPSA) is 40.6 Å². The first kappa shape index (κ1) is 14.9. The quantitative estimate of drug-likeness (QED) is 0.798. The van der Waals surface area contributed by atoms with E-state index in [9.17, 15) is 0 Å². The number of hydrogen-bond donors (Lipinski definition) is 0. The van der Waals surface area contributed by atoms with Crippen molar-refractivity contribution in [1.29, 1.82) is 0 Å². The molecule has 1 saturated heterocycles. The zero-order valence-electron chi connectivity index (χ0n) is 13.6. The molecule has 2 heterocycles. The van der Waals surface area contributed by atoms with Crippen molar-refractivity contribution in [2.45, 2.75) is 71.2 Å². The highest BCUT2D eigenvalue weighted by Crippen LogP contribution is 2.38. The molecule has 0 unspecified atom stereocenters. The number of pyridine rings is 1. The van der Waals surface area contributed by atoms with Crippen LogP contribution in [0.4, 0.5) is 0 Å². The normalized spacial score (nSPS) is 23.4. The van der Waals surface area contributed by atoms with Gasteiger partial charge in [0.2, 0.25) is 0 Å². The molecule has 21 heavy (non-hydrogen) atoms. The van der Waals surface area contributed by atoms with Gasteiger partial charge in [0.25, 0.3) is 0 Å². The summed E-state index contributed by atoms with van der Waals surface area (Å²) in [7, 11) is -0.387. The van der Waals surface area contributed by atoms with Gasteiger partial charge in [0, 0.05) is 11.7 Å². The van der Waals surface area contributed by atoms with Gasteiger partial charge in [-0.05, 0) is 52.5 Å². The first-order chi connectivity index (χ1) is 9.84. The van der Waals surface area contributed by atoms with Crippen LogP contribution in [0.5, 0.6) is 5.75 Å². The molecule has 1 aromatic heterocycles. The Kier molecular flexibility index (Phi) is 3.53. The highest BCUT2D eigenvalue weighted by molar-refractivity contribution is 6.63. The van der Waals surface area contributed by atoms with E-state index >= 15 is 0 Å². The van der Waals surface area contributed by atoms with Crippen molar-refractivity contribution in [1.82, 2.24) is 4.98 Å². The SMILES string of the molecule is CCc1cncc(OC2CC2)c1B1OC(C)(C)C(C)(C)O1. The van der Waals surface area contributed by atoms with E-state index in [1.807, 2.05) is 6.20 Å². The van der Waals surface area contributed by atoms with Gasteiger partial charge < -0.3 is 14.0 Å². The predicted octanol–water partition coefficient (Wildman–Crippen LogP) is 2.48. The molecule has 0 amide bonds. The van der Waals surface area contributed by atoms with E-state index in [1.165, 1.54) is 0 Å². The number of rotatable bonds is 4. The fourth-order valence-corrected chi connectivity index (χ4v) is 2.46. The van der Waals surface area contributed by atoms with Crippen LogP contribution in [0.2, 0.25) is 0 Å². The Bertz CT molecular complexity index is 524. The van der Waals surface area contributed by atoms with E-state index in [0.717, 1.165) is 36.0 Å². The first-order valence-corrected chi connectivity index (χ1v) is 7.83. The summed E-state index contributed by atoms with van der Waals surface area (Å²) in [5.74, 6) is 0.815. The van der Waals surface area contributed by atoms with E-state index in [0.29, 0.717) is 6.10 Å². The summed E-state index contributed by atoms with van der Waals surface area (Å²) in [6.07, 6.45) is 7.14. The lowest BCUT2D eigenvalue weighted by atomic mass is 9.75. The number of aryl methyl sites for hydroxylation is 1. The second-order valence-electron chi connectivity index (χ2n) is 6.97. The van der Waals surface area contributed by atoms with Gasteiger partial charge in [-0.15, -0.1) is 0 Å². The molecule has 0 atom stereocenters. The molecular formula is C16H24BNO3. The number of hydrogen-bond acceptors (Lipinski definition) is 4. The van der Waals surface area contributed by atoms with Crippen molar-refractivity contribution in [3.63, 3.8) is 0 Å². The lowest BCUT2D eigenvalue weighted by Crippen LogP contribution is -2.41. The zero-order valence-corrected chi connectivity index (χ0v) is 13.6. The van der Waals surface area contributed by atoms with Crippen LogP contribution in [-0.2, 0) is 15.7 Å². The second kappa shape index (κ2) is 4.99. The van der Waals surface area contributed by atoms with Gasteiger partial charge in [-0.3, -0.25) is 4.98 Å². The number of aromatic nitrogens is 1. The second-order valence-corrected chi connectivity index (χ2v) is 6.97. The van der Waals surface area contributed by atoms with Crippen molar-refractivity contribution in [3.05, 3.63) is 18.0 Å². The van der Waals surface area contributed by atoms with Crippen LogP contribution < -0.4 is 10.2 Å². The Hall–Kier alpha value is -1.07. The zero-order chi connectivity index (χ0) is 15.3. The molecular weight excluding hydrogens is 265 g/mol. The van der Waals surface area contributed by atoms with E-state index in [-0.39, 0.29) is 18.3 Å². The van der Waals surface area contributed by atoms with Crippen LogP contribution in [0.1, 0.15) is 53.0 Å². The molecule has 1 aliphatic carbocycles. The summed E-state index contributed by atoms with van der Waals surface area (Å²) < 4.78 is 18.4. The number of ether oxygens (including phenoxy) is 1. The molecule has 0 aromatic carbocycles. The average molecular weight is 289 g/mol. The minimum Gasteiger partial charge on any atom is -0.489 e. The Labute approximate surface area is 127 Å². The first-order valence-electron chi connectivity index (χ1n) is 7.83. The average Bonchev–Trinajstić information content (AvgIpc) is 3.17. The van der Waals surface area contributed by atoms with Gasteiger partial charge in [-0.2, -0.15) is 0 Å². The highest BCUT2D eigenvalue weighted by Gasteiger charge is 2.53. The minimum absolute atomic E-state index is 0.333. The molecule has 5 heteroatoms. The van der Waals surface area contributed by atoms with Gasteiger partial charge in [0.15, 0.2) is 0 Å². The van der Waals surface area contributed by atoms with Crippen molar-refractivity contribution in [2.75, 3.05) is 0 Å². The van der Waals surface area contributed by atoms with E-state index in [1.54, 1.807) is 6.20 Å². The van der Waals surface area contributed by atoms with Crippen molar-refractivity contribution < 1.29 is 14.0 Å². The molecule has 1 aromatic rings. The molecule has 0 N–H and O–H groups in total. The Morgan fingerprint density at radius 3 is 2.33 bits per heavy atom. The van der Waals surface area contributed by atoms with Crippen molar-refractivity contribution >= 4 is 12.6 Å². The van der Waals surface area contributed by atoms with Crippen LogP contribution >= 0.6 is 0 Å². The monoisotopic (exact) mass is 289 g/mol. The Morgan fingerprint density at radius 2 is 1.81 bits per heavy atom. The van der Waals surface area contributed by atoms with Crippen molar-refractivity contribution in [2.24, 2.45) is 0 Å². The van der Waals surface area contributed by atoms with Crippen LogP contribution in [0, 0.1) is 0 Å². The standard InChI is InChI=1S/C16H24BNO3/c1-6-11-9-18-10-13(19-12-7-8-12)14(11)17-20-15(2,3)16(4,5)21-17/h9-10,12H,6-8H2,1-5H3. The Balaban J connectivity index is 1.97. The van der Waals surface area contributed by atoms with Gasteiger partial charge in [0.1, 0.15) is 5.75 Å². The molecule has 2 aliphatic rings. The summed E-state index contributed by atoms with van der Waals surface area (Å²) >= 11 is 0. The lowest BCUT2D eigenvalue weighted by molar-refractivity contribution is 0.00578. The van der Waals surface area contributed by atoms with Crippen molar-refractivity contribution in [3.8, 4) is 5.75 Å². The fourth-order valence-electron chi connectivity index (χ4n) is 2.46. The summed E-state index contributed by atoms with van der Waals surface area (Å²) in [6.45, 7) is 10.4. The molecule has 1 saturated carbocycles. The molecule has 0 spiro atoms. The molecule has 114 valence electrons. The highest BCUT2D eigenvalue weighted by atomic mass is 16.7. The summed E-state index contributed by atoms with van der Waals surface area (Å²) in [4.78, 5) is 4.30. The summed E-state index contributed by atoms with van der Waals surface area (Å²) in [5.41, 5.74) is 1.45. The van der Waals surface area contributed by atoms with Gasteiger partial charge in [0.05, 0.1) is 23.5 Å². The van der Waals surface area contributed by atoms with E-state index < -0.39 is 0 Å². The van der Waals surface area contributed by atoms with Gasteiger partial charge in [-0.1, -0.05) is 6.92 Å². The molecule has 1 aliphatic heterocycles.